The van der Waals surface area contributed by atoms with E-state index in [-0.39, 0.29) is 5.56 Å². The third-order valence-corrected chi connectivity index (χ3v) is 4.88. The third kappa shape index (κ3) is 2.56. The first-order valence-corrected chi connectivity index (χ1v) is 8.49. The van der Waals surface area contributed by atoms with Gasteiger partial charge in [0.05, 0.1) is 12.7 Å². The lowest BCUT2D eigenvalue weighted by Gasteiger charge is -2.05. The summed E-state index contributed by atoms with van der Waals surface area (Å²) in [5.41, 5.74) is 2.90. The van der Waals surface area contributed by atoms with Crippen molar-refractivity contribution < 1.29 is 14.6 Å². The Morgan fingerprint density at radius 1 is 1.16 bits per heavy atom. The number of nitrogens with zero attached hydrogens (tertiary/aromatic N) is 2. The highest BCUT2D eigenvalue weighted by Crippen LogP contribution is 2.36. The van der Waals surface area contributed by atoms with E-state index in [4.69, 9.17) is 14.8 Å². The molecule has 0 saturated carbocycles. The van der Waals surface area contributed by atoms with Crippen LogP contribution in [0.25, 0.3) is 27.5 Å². The average Bonchev–Trinajstić information content (AvgIpc) is 3.24. The van der Waals surface area contributed by atoms with Gasteiger partial charge in [0.1, 0.15) is 22.1 Å². The first-order valence-electron chi connectivity index (χ1n) is 7.61. The molecule has 0 fully saturated rings. The maximum atomic E-state index is 11.0. The molecule has 2 heterocycles. The molecule has 124 valence electrons. The Morgan fingerprint density at radius 3 is 2.64 bits per heavy atom. The number of hydrogen-bond donors (Lipinski definition) is 1. The number of ether oxygens (including phenoxy) is 1. The zero-order chi connectivity index (χ0) is 17.4. The average molecular weight is 350 g/mol. The van der Waals surface area contributed by atoms with Crippen LogP contribution in [0.15, 0.2) is 60.1 Å². The third-order valence-electron chi connectivity index (χ3n) is 4.01. The lowest BCUT2D eigenvalue weighted by Crippen LogP contribution is -1.95. The number of carboxylic acid groups (broad SMARTS) is 1. The maximum absolute atomic E-state index is 11.0. The van der Waals surface area contributed by atoms with Crippen LogP contribution in [0, 0.1) is 0 Å². The molecule has 2 aromatic carbocycles. The minimum atomic E-state index is -0.940. The standard InChI is InChI=1S/C19H14N2O3S/c1-24-15-5-3-2-4-14(15)16-18-21(10-11-25-18)17(20-16)12-6-8-13(9-7-12)19(22)23/h2-11H,1H3,(H,22,23). The van der Waals surface area contributed by atoms with Crippen molar-refractivity contribution in [1.29, 1.82) is 0 Å². The normalized spacial score (nSPS) is 10.9. The molecule has 0 spiro atoms. The number of aromatic carboxylic acids is 1. The van der Waals surface area contributed by atoms with E-state index < -0.39 is 5.97 Å². The quantitative estimate of drug-likeness (QED) is 0.591. The van der Waals surface area contributed by atoms with Crippen molar-refractivity contribution in [1.82, 2.24) is 9.38 Å². The van der Waals surface area contributed by atoms with E-state index in [9.17, 15) is 4.79 Å². The molecule has 0 aliphatic rings. The van der Waals surface area contributed by atoms with Crippen molar-refractivity contribution in [3.05, 3.63) is 65.7 Å². The van der Waals surface area contributed by atoms with Gasteiger partial charge in [0.15, 0.2) is 0 Å². The molecule has 0 unspecified atom stereocenters. The van der Waals surface area contributed by atoms with Crippen LogP contribution in [0.2, 0.25) is 0 Å². The summed E-state index contributed by atoms with van der Waals surface area (Å²) < 4.78 is 7.49. The van der Waals surface area contributed by atoms with Gasteiger partial charge in [0.25, 0.3) is 0 Å². The number of carboxylic acids is 1. The molecule has 0 aliphatic heterocycles. The Balaban J connectivity index is 1.90. The first kappa shape index (κ1) is 15.4. The van der Waals surface area contributed by atoms with Gasteiger partial charge < -0.3 is 9.84 Å². The number of aromatic nitrogens is 2. The van der Waals surface area contributed by atoms with Gasteiger partial charge in [-0.2, -0.15) is 0 Å². The van der Waals surface area contributed by atoms with Crippen molar-refractivity contribution in [2.75, 3.05) is 7.11 Å². The molecule has 0 amide bonds. The minimum Gasteiger partial charge on any atom is -0.496 e. The molecule has 0 aliphatic carbocycles. The lowest BCUT2D eigenvalue weighted by molar-refractivity contribution is 0.0697. The summed E-state index contributed by atoms with van der Waals surface area (Å²) in [6.07, 6.45) is 1.96. The molecule has 0 bridgehead atoms. The highest BCUT2D eigenvalue weighted by molar-refractivity contribution is 7.16. The van der Waals surface area contributed by atoms with Gasteiger partial charge in [0.2, 0.25) is 0 Å². The minimum absolute atomic E-state index is 0.256. The molecule has 4 rings (SSSR count). The molecule has 5 nitrogen and oxygen atoms in total. The van der Waals surface area contributed by atoms with E-state index in [0.29, 0.717) is 0 Å². The maximum Gasteiger partial charge on any atom is 0.335 e. The van der Waals surface area contributed by atoms with E-state index in [1.54, 1.807) is 42.7 Å². The van der Waals surface area contributed by atoms with Gasteiger partial charge in [-0.25, -0.2) is 9.78 Å². The fourth-order valence-corrected chi connectivity index (χ4v) is 3.65. The molecule has 0 saturated heterocycles. The van der Waals surface area contributed by atoms with Crippen LogP contribution in [-0.4, -0.2) is 27.6 Å². The van der Waals surface area contributed by atoms with Gasteiger partial charge in [0, 0.05) is 22.7 Å². The van der Waals surface area contributed by atoms with E-state index in [2.05, 4.69) is 0 Å². The van der Waals surface area contributed by atoms with Crippen LogP contribution in [0.4, 0.5) is 0 Å². The number of benzene rings is 2. The molecule has 0 radical (unpaired) electrons. The van der Waals surface area contributed by atoms with Crippen LogP contribution >= 0.6 is 11.3 Å². The van der Waals surface area contributed by atoms with Crippen molar-refractivity contribution in [3.63, 3.8) is 0 Å². The topological polar surface area (TPSA) is 63.8 Å². The van der Waals surface area contributed by atoms with Gasteiger partial charge >= 0.3 is 5.97 Å². The second kappa shape index (κ2) is 6.07. The fourth-order valence-electron chi connectivity index (χ4n) is 2.81. The van der Waals surface area contributed by atoms with Crippen molar-refractivity contribution in [2.24, 2.45) is 0 Å². The summed E-state index contributed by atoms with van der Waals surface area (Å²) in [5.74, 6) is 0.600. The highest BCUT2D eigenvalue weighted by Gasteiger charge is 2.18. The highest BCUT2D eigenvalue weighted by atomic mass is 32.1. The van der Waals surface area contributed by atoms with Crippen LogP contribution < -0.4 is 4.74 Å². The van der Waals surface area contributed by atoms with Gasteiger partial charge in [-0.15, -0.1) is 11.3 Å². The van der Waals surface area contributed by atoms with Crippen LogP contribution in [0.3, 0.4) is 0 Å². The first-order chi connectivity index (χ1) is 12.2. The second-order valence-electron chi connectivity index (χ2n) is 5.44. The summed E-state index contributed by atoms with van der Waals surface area (Å²) in [5, 5.41) is 11.1. The Morgan fingerprint density at radius 2 is 1.92 bits per heavy atom. The number of methoxy groups -OCH3 is 1. The summed E-state index contributed by atoms with van der Waals surface area (Å²) in [7, 11) is 1.64. The number of imidazole rings is 1. The Hall–Kier alpha value is -3.12. The molecule has 2 aromatic heterocycles. The SMILES string of the molecule is COc1ccccc1-c1nc(-c2ccc(C(=O)O)cc2)n2ccsc12. The van der Waals surface area contributed by atoms with Crippen molar-refractivity contribution in [3.8, 4) is 28.4 Å². The largest absolute Gasteiger partial charge is 0.496 e. The Bertz CT molecular complexity index is 1060. The van der Waals surface area contributed by atoms with E-state index in [1.807, 2.05) is 40.2 Å². The van der Waals surface area contributed by atoms with Crippen LogP contribution in [0.1, 0.15) is 10.4 Å². The summed E-state index contributed by atoms with van der Waals surface area (Å²) in [6, 6.07) is 14.5. The van der Waals surface area contributed by atoms with E-state index >= 15 is 0 Å². The Kier molecular flexibility index (Phi) is 3.74. The van der Waals surface area contributed by atoms with Gasteiger partial charge in [-0.3, -0.25) is 4.40 Å². The zero-order valence-corrected chi connectivity index (χ0v) is 14.2. The molecule has 4 aromatic rings. The smallest absolute Gasteiger partial charge is 0.335 e. The van der Waals surface area contributed by atoms with Crippen LogP contribution in [-0.2, 0) is 0 Å². The predicted octanol–water partition coefficient (Wildman–Crippen LogP) is 4.44. The second-order valence-corrected chi connectivity index (χ2v) is 6.34. The molecule has 25 heavy (non-hydrogen) atoms. The van der Waals surface area contributed by atoms with Crippen molar-refractivity contribution >= 4 is 22.1 Å². The monoisotopic (exact) mass is 350 g/mol. The zero-order valence-electron chi connectivity index (χ0n) is 13.3. The van der Waals surface area contributed by atoms with E-state index in [0.717, 1.165) is 33.2 Å². The molecule has 0 atom stereocenters. The lowest BCUT2D eigenvalue weighted by atomic mass is 10.1. The predicted molar refractivity (Wildman–Crippen MR) is 97.5 cm³/mol. The summed E-state index contributed by atoms with van der Waals surface area (Å²) in [6.45, 7) is 0. The fraction of sp³-hybridized carbons (Fsp3) is 0.0526. The van der Waals surface area contributed by atoms with Crippen LogP contribution in [0.5, 0.6) is 5.75 Å². The van der Waals surface area contributed by atoms with Gasteiger partial charge in [-0.1, -0.05) is 24.3 Å². The summed E-state index contributed by atoms with van der Waals surface area (Å²) >= 11 is 1.60. The number of fused-ring (bicyclic) bond motifs is 1. The van der Waals surface area contributed by atoms with Gasteiger partial charge in [-0.05, 0) is 24.3 Å². The number of carbonyl (C=O) groups is 1. The number of para-hydroxylation sites is 1. The number of rotatable bonds is 4. The molecular formula is C19H14N2O3S. The van der Waals surface area contributed by atoms with E-state index in [1.165, 1.54) is 0 Å². The van der Waals surface area contributed by atoms with Crippen molar-refractivity contribution in [2.45, 2.75) is 0 Å². The number of thiazole rings is 1. The molecule has 6 heteroatoms. The Labute approximate surface area is 147 Å². The molecular weight excluding hydrogens is 336 g/mol. The molecule has 1 N–H and O–H groups in total. The summed E-state index contributed by atoms with van der Waals surface area (Å²) in [4.78, 5) is 16.9. The number of hydrogen-bond acceptors (Lipinski definition) is 4.